The smallest absolute Gasteiger partial charge is 0.146 e. The van der Waals surface area contributed by atoms with Crippen LogP contribution in [0.5, 0.6) is 5.75 Å². The van der Waals surface area contributed by atoms with E-state index in [9.17, 15) is 0 Å². The van der Waals surface area contributed by atoms with Crippen molar-refractivity contribution in [3.63, 3.8) is 0 Å². The fraction of sp³-hybridized carbons (Fsp3) is 0.190. The van der Waals surface area contributed by atoms with Crippen molar-refractivity contribution >= 4 is 10.9 Å². The Labute approximate surface area is 152 Å². The summed E-state index contributed by atoms with van der Waals surface area (Å²) in [6.07, 6.45) is 5.45. The Morgan fingerprint density at radius 1 is 1.08 bits per heavy atom. The highest BCUT2D eigenvalue weighted by Crippen LogP contribution is 2.33. The molecule has 26 heavy (non-hydrogen) atoms. The molecule has 0 atom stereocenters. The molecule has 4 rings (SSSR count). The molecule has 0 bridgehead atoms. The van der Waals surface area contributed by atoms with Gasteiger partial charge in [-0.15, -0.1) is 0 Å². The number of nitrogens with zero attached hydrogens (tertiary/aromatic N) is 4. The molecule has 3 aromatic heterocycles. The highest BCUT2D eigenvalue weighted by molar-refractivity contribution is 5.96. The van der Waals surface area contributed by atoms with Crippen molar-refractivity contribution in [1.82, 2.24) is 19.7 Å². The lowest BCUT2D eigenvalue weighted by Gasteiger charge is -2.13. The first-order valence-electron chi connectivity index (χ1n) is 8.54. The Morgan fingerprint density at radius 2 is 1.96 bits per heavy atom. The summed E-state index contributed by atoms with van der Waals surface area (Å²) in [5, 5.41) is 5.35. The van der Waals surface area contributed by atoms with Gasteiger partial charge in [0.15, 0.2) is 0 Å². The molecular formula is C21H20N4O. The van der Waals surface area contributed by atoms with Crippen molar-refractivity contribution in [2.75, 3.05) is 0 Å². The molecule has 130 valence electrons. The van der Waals surface area contributed by atoms with Gasteiger partial charge in [-0.25, -0.2) is 4.98 Å². The zero-order valence-corrected chi connectivity index (χ0v) is 15.1. The van der Waals surface area contributed by atoms with Gasteiger partial charge >= 0.3 is 0 Å². The van der Waals surface area contributed by atoms with Crippen molar-refractivity contribution in [3.05, 3.63) is 71.8 Å². The average molecular weight is 344 g/mol. The summed E-state index contributed by atoms with van der Waals surface area (Å²) in [7, 11) is 1.95. The van der Waals surface area contributed by atoms with Crippen LogP contribution in [0.1, 0.15) is 16.8 Å². The molecule has 0 saturated carbocycles. The molecule has 0 radical (unpaired) electrons. The van der Waals surface area contributed by atoms with Gasteiger partial charge in [-0.3, -0.25) is 9.67 Å². The third kappa shape index (κ3) is 2.92. The van der Waals surface area contributed by atoms with E-state index < -0.39 is 0 Å². The molecule has 0 aliphatic heterocycles. The minimum absolute atomic E-state index is 0.468. The summed E-state index contributed by atoms with van der Waals surface area (Å²) in [6.45, 7) is 4.53. The summed E-state index contributed by atoms with van der Waals surface area (Å²) < 4.78 is 7.99. The van der Waals surface area contributed by atoms with Crippen LogP contribution in [0.2, 0.25) is 0 Å². The van der Waals surface area contributed by atoms with Gasteiger partial charge in [-0.2, -0.15) is 5.10 Å². The monoisotopic (exact) mass is 344 g/mol. The van der Waals surface area contributed by atoms with E-state index in [-0.39, 0.29) is 0 Å². The number of pyridine rings is 2. The fourth-order valence-corrected chi connectivity index (χ4v) is 3.12. The molecule has 3 heterocycles. The number of aryl methyl sites for hydroxylation is 3. The lowest BCUT2D eigenvalue weighted by molar-refractivity contribution is 0.308. The van der Waals surface area contributed by atoms with Crippen molar-refractivity contribution in [3.8, 4) is 17.0 Å². The van der Waals surface area contributed by atoms with Crippen LogP contribution in [0.15, 0.2) is 55.0 Å². The van der Waals surface area contributed by atoms with Gasteiger partial charge in [-0.05, 0) is 43.7 Å². The number of ether oxygens (including phenoxy) is 1. The Morgan fingerprint density at radius 3 is 2.73 bits per heavy atom. The molecule has 0 unspecified atom stereocenters. The van der Waals surface area contributed by atoms with Gasteiger partial charge in [0.1, 0.15) is 17.9 Å². The molecular weight excluding hydrogens is 324 g/mol. The van der Waals surface area contributed by atoms with E-state index in [0.29, 0.717) is 6.61 Å². The van der Waals surface area contributed by atoms with Crippen LogP contribution in [0.25, 0.3) is 22.2 Å². The molecule has 5 heteroatoms. The molecule has 0 fully saturated rings. The van der Waals surface area contributed by atoms with Crippen LogP contribution in [-0.4, -0.2) is 19.7 Å². The Hall–Kier alpha value is -3.21. The first kappa shape index (κ1) is 16.3. The van der Waals surface area contributed by atoms with Gasteiger partial charge in [-0.1, -0.05) is 12.1 Å². The highest BCUT2D eigenvalue weighted by atomic mass is 16.5. The number of para-hydroxylation sites is 1. The first-order chi connectivity index (χ1) is 12.6. The zero-order valence-electron chi connectivity index (χ0n) is 15.1. The van der Waals surface area contributed by atoms with Gasteiger partial charge < -0.3 is 4.74 Å². The molecule has 5 nitrogen and oxygen atoms in total. The second-order valence-corrected chi connectivity index (χ2v) is 6.39. The number of aromatic nitrogens is 4. The molecule has 0 N–H and O–H groups in total. The Balaban J connectivity index is 1.78. The SMILES string of the molecule is Cc1cc(-c2ccnn2C)c2cccc(OCc3cnccc3C)c2n1. The fourth-order valence-electron chi connectivity index (χ4n) is 3.12. The summed E-state index contributed by atoms with van der Waals surface area (Å²) in [6, 6.07) is 12.1. The molecule has 0 amide bonds. The molecule has 0 aliphatic carbocycles. The number of hydrogen-bond acceptors (Lipinski definition) is 4. The van der Waals surface area contributed by atoms with E-state index >= 15 is 0 Å². The number of hydrogen-bond donors (Lipinski definition) is 0. The lowest BCUT2D eigenvalue weighted by Crippen LogP contribution is -2.01. The highest BCUT2D eigenvalue weighted by Gasteiger charge is 2.13. The first-order valence-corrected chi connectivity index (χ1v) is 8.54. The maximum absolute atomic E-state index is 6.12. The van der Waals surface area contributed by atoms with Crippen LogP contribution in [-0.2, 0) is 13.7 Å². The van der Waals surface area contributed by atoms with Crippen LogP contribution in [0, 0.1) is 13.8 Å². The second kappa shape index (κ2) is 6.59. The number of fused-ring (bicyclic) bond motifs is 1. The third-order valence-electron chi connectivity index (χ3n) is 4.56. The molecule has 0 spiro atoms. The standard InChI is InChI=1S/C21H20N4O/c1-14-7-9-22-12-16(14)13-26-20-6-4-5-17-18(11-15(2)24-21(17)20)19-8-10-23-25(19)3/h4-12H,13H2,1-3H3. The van der Waals surface area contributed by atoms with Crippen LogP contribution >= 0.6 is 0 Å². The summed E-state index contributed by atoms with van der Waals surface area (Å²) in [5.74, 6) is 0.776. The van der Waals surface area contributed by atoms with E-state index in [0.717, 1.165) is 39.2 Å². The average Bonchev–Trinajstić information content (AvgIpc) is 3.06. The van der Waals surface area contributed by atoms with Crippen molar-refractivity contribution in [2.45, 2.75) is 20.5 Å². The largest absolute Gasteiger partial charge is 0.487 e. The molecule has 4 aromatic rings. The van der Waals surface area contributed by atoms with Crippen molar-refractivity contribution in [1.29, 1.82) is 0 Å². The normalized spacial score (nSPS) is 11.0. The second-order valence-electron chi connectivity index (χ2n) is 6.39. The van der Waals surface area contributed by atoms with E-state index in [4.69, 9.17) is 9.72 Å². The minimum Gasteiger partial charge on any atom is -0.487 e. The van der Waals surface area contributed by atoms with Gasteiger partial charge in [0, 0.05) is 47.8 Å². The van der Waals surface area contributed by atoms with Crippen LogP contribution in [0.4, 0.5) is 0 Å². The topological polar surface area (TPSA) is 52.8 Å². The van der Waals surface area contributed by atoms with E-state index in [1.165, 1.54) is 5.56 Å². The Bertz CT molecular complexity index is 1080. The quantitative estimate of drug-likeness (QED) is 0.556. The van der Waals surface area contributed by atoms with E-state index in [1.54, 1.807) is 6.20 Å². The summed E-state index contributed by atoms with van der Waals surface area (Å²) in [5.41, 5.74) is 6.22. The lowest BCUT2D eigenvalue weighted by atomic mass is 10.0. The Kier molecular flexibility index (Phi) is 4.13. The van der Waals surface area contributed by atoms with Gasteiger partial charge in [0.2, 0.25) is 0 Å². The van der Waals surface area contributed by atoms with Gasteiger partial charge in [0.05, 0.1) is 5.69 Å². The minimum atomic E-state index is 0.468. The van der Waals surface area contributed by atoms with Crippen LogP contribution < -0.4 is 4.74 Å². The predicted octanol–water partition coefficient (Wildman–Crippen LogP) is 4.23. The van der Waals surface area contributed by atoms with Gasteiger partial charge in [0.25, 0.3) is 0 Å². The maximum Gasteiger partial charge on any atom is 0.146 e. The maximum atomic E-state index is 6.12. The van der Waals surface area contributed by atoms with E-state index in [1.807, 2.05) is 55.3 Å². The summed E-state index contributed by atoms with van der Waals surface area (Å²) >= 11 is 0. The molecule has 1 aromatic carbocycles. The summed E-state index contributed by atoms with van der Waals surface area (Å²) in [4.78, 5) is 8.93. The van der Waals surface area contributed by atoms with Crippen molar-refractivity contribution < 1.29 is 4.74 Å². The third-order valence-corrected chi connectivity index (χ3v) is 4.56. The van der Waals surface area contributed by atoms with Crippen molar-refractivity contribution in [2.24, 2.45) is 7.05 Å². The number of benzene rings is 1. The zero-order chi connectivity index (χ0) is 18.1. The molecule has 0 saturated heterocycles. The number of rotatable bonds is 4. The molecule has 0 aliphatic rings. The predicted molar refractivity (Wildman–Crippen MR) is 102 cm³/mol. The van der Waals surface area contributed by atoms with E-state index in [2.05, 4.69) is 29.1 Å². The van der Waals surface area contributed by atoms with Crippen LogP contribution in [0.3, 0.4) is 0 Å².